The molecule has 5 aromatic carbocycles. The first kappa shape index (κ1) is 38.6. The molecule has 1 N–H and O–H groups in total. The van der Waals surface area contributed by atoms with Gasteiger partial charge in [-0.3, -0.25) is 9.38 Å². The third-order valence-electron chi connectivity index (χ3n) is 11.2. The Hall–Kier alpha value is -6.26. The van der Waals surface area contributed by atoms with E-state index in [-0.39, 0.29) is 22.0 Å². The Morgan fingerprint density at radius 2 is 1.07 bits per heavy atom. The number of benzene rings is 5. The quantitative estimate of drug-likeness (QED) is 0.184. The first-order valence-electron chi connectivity index (χ1n) is 20.3. The standard InChI is InChI=1S/C54H53N3O/c1-52(2,3)42-24-22-36(23-25-42)38-26-27-55-47(32-38)41-30-39(35-17-12-10-13-18-35)29-40(31-41)44-21-16-28-57-49(37-19-14-11-15-20-37)48(56-51(44)57)45-33-43(53(4,5)6)34-46(50(45)58)54(7,8)9/h10-34,58H,1-9H3. The normalized spacial score (nSPS) is 12.3. The van der Waals surface area contributed by atoms with Crippen LogP contribution in [0.4, 0.5) is 0 Å². The summed E-state index contributed by atoms with van der Waals surface area (Å²) in [6.45, 7) is 19.9. The molecule has 3 aromatic heterocycles. The number of phenols is 1. The summed E-state index contributed by atoms with van der Waals surface area (Å²) >= 11 is 0. The fourth-order valence-corrected chi connectivity index (χ4v) is 7.83. The van der Waals surface area contributed by atoms with E-state index in [1.54, 1.807) is 0 Å². The first-order valence-corrected chi connectivity index (χ1v) is 20.3. The smallest absolute Gasteiger partial charge is 0.145 e. The van der Waals surface area contributed by atoms with Crippen LogP contribution in [0.5, 0.6) is 5.75 Å². The molecule has 0 atom stereocenters. The number of phenolic OH excluding ortho intramolecular Hbond substituents is 1. The third kappa shape index (κ3) is 7.47. The largest absolute Gasteiger partial charge is 0.507 e. The van der Waals surface area contributed by atoms with Crippen LogP contribution >= 0.6 is 0 Å². The topological polar surface area (TPSA) is 50.4 Å². The van der Waals surface area contributed by atoms with Crippen molar-refractivity contribution in [1.82, 2.24) is 14.4 Å². The van der Waals surface area contributed by atoms with E-state index in [1.807, 2.05) is 12.3 Å². The average Bonchev–Trinajstić information content (AvgIpc) is 3.60. The molecule has 8 rings (SSSR count). The lowest BCUT2D eigenvalue weighted by atomic mass is 9.78. The average molecular weight is 760 g/mol. The van der Waals surface area contributed by atoms with Crippen LogP contribution in [-0.2, 0) is 16.2 Å². The molecule has 58 heavy (non-hydrogen) atoms. The summed E-state index contributed by atoms with van der Waals surface area (Å²) < 4.78 is 2.19. The van der Waals surface area contributed by atoms with Crippen molar-refractivity contribution in [2.24, 2.45) is 0 Å². The minimum Gasteiger partial charge on any atom is -0.507 e. The Morgan fingerprint density at radius 3 is 1.71 bits per heavy atom. The van der Waals surface area contributed by atoms with Gasteiger partial charge in [0.25, 0.3) is 0 Å². The number of nitrogens with zero attached hydrogens (tertiary/aromatic N) is 3. The van der Waals surface area contributed by atoms with E-state index in [0.717, 1.165) is 83.9 Å². The van der Waals surface area contributed by atoms with E-state index >= 15 is 0 Å². The summed E-state index contributed by atoms with van der Waals surface area (Å²) in [4.78, 5) is 10.5. The van der Waals surface area contributed by atoms with Gasteiger partial charge in [-0.2, -0.15) is 0 Å². The zero-order valence-electron chi connectivity index (χ0n) is 35.2. The number of hydrogen-bond acceptors (Lipinski definition) is 3. The first-order chi connectivity index (χ1) is 27.6. The molecule has 0 bridgehead atoms. The van der Waals surface area contributed by atoms with Crippen molar-refractivity contribution in [1.29, 1.82) is 0 Å². The molecule has 0 saturated heterocycles. The second-order valence-corrected chi connectivity index (χ2v) is 18.6. The van der Waals surface area contributed by atoms with E-state index in [1.165, 1.54) is 5.56 Å². The van der Waals surface area contributed by atoms with Gasteiger partial charge in [-0.25, -0.2) is 4.98 Å². The Kier molecular flexibility index (Phi) is 9.72. The number of aromatic nitrogens is 3. The summed E-state index contributed by atoms with van der Waals surface area (Å²) in [7, 11) is 0. The van der Waals surface area contributed by atoms with Gasteiger partial charge in [-0.1, -0.05) is 153 Å². The molecule has 290 valence electrons. The third-order valence-corrected chi connectivity index (χ3v) is 11.2. The SMILES string of the molecule is CC(C)(C)c1ccc(-c2ccnc(-c3cc(-c4ccccc4)cc(-c4cccn5c(-c6ccccc6)c(-c6cc(C(C)(C)C)cc(C(C)(C)C)c6O)nc45)c3)c2)cc1. The van der Waals surface area contributed by atoms with Crippen molar-refractivity contribution < 1.29 is 5.11 Å². The van der Waals surface area contributed by atoms with Crippen molar-refractivity contribution in [3.8, 4) is 72.9 Å². The Bertz CT molecular complexity index is 2760. The molecular formula is C54H53N3O. The summed E-state index contributed by atoms with van der Waals surface area (Å²) in [5.41, 5.74) is 15.7. The second-order valence-electron chi connectivity index (χ2n) is 18.6. The van der Waals surface area contributed by atoms with E-state index in [0.29, 0.717) is 0 Å². The minimum absolute atomic E-state index is 0.0861. The van der Waals surface area contributed by atoms with E-state index in [4.69, 9.17) is 9.97 Å². The Labute approximate surface area is 344 Å². The van der Waals surface area contributed by atoms with Gasteiger partial charge in [0.1, 0.15) is 17.1 Å². The maximum Gasteiger partial charge on any atom is 0.145 e. The van der Waals surface area contributed by atoms with Crippen LogP contribution in [-0.4, -0.2) is 19.5 Å². The lowest BCUT2D eigenvalue weighted by molar-refractivity contribution is 0.446. The van der Waals surface area contributed by atoms with Gasteiger partial charge >= 0.3 is 0 Å². The van der Waals surface area contributed by atoms with Gasteiger partial charge < -0.3 is 5.11 Å². The lowest BCUT2D eigenvalue weighted by Crippen LogP contribution is -2.17. The highest BCUT2D eigenvalue weighted by molar-refractivity contribution is 5.92. The maximum atomic E-state index is 12.2. The molecule has 0 aliphatic rings. The van der Waals surface area contributed by atoms with Crippen LogP contribution in [0.2, 0.25) is 0 Å². The highest BCUT2D eigenvalue weighted by Crippen LogP contribution is 2.46. The molecule has 0 saturated carbocycles. The molecule has 0 aliphatic carbocycles. The summed E-state index contributed by atoms with van der Waals surface area (Å²) in [5, 5.41) is 12.2. The Morgan fingerprint density at radius 1 is 0.466 bits per heavy atom. The van der Waals surface area contributed by atoms with Gasteiger partial charge in [0.2, 0.25) is 0 Å². The van der Waals surface area contributed by atoms with Gasteiger partial charge in [0.15, 0.2) is 0 Å². The predicted octanol–water partition coefficient (Wildman–Crippen LogP) is 14.3. The molecule has 0 aliphatic heterocycles. The zero-order valence-corrected chi connectivity index (χ0v) is 35.2. The van der Waals surface area contributed by atoms with Gasteiger partial charge in [0.05, 0.1) is 11.4 Å². The molecule has 8 aromatic rings. The fraction of sp³-hybridized carbons (Fsp3) is 0.222. The number of pyridine rings is 2. The van der Waals surface area contributed by atoms with Crippen LogP contribution in [0.15, 0.2) is 152 Å². The number of aromatic hydroxyl groups is 1. The van der Waals surface area contributed by atoms with Crippen molar-refractivity contribution in [3.63, 3.8) is 0 Å². The summed E-state index contributed by atoms with van der Waals surface area (Å²) in [5.74, 6) is 0.273. The van der Waals surface area contributed by atoms with Crippen LogP contribution in [0.3, 0.4) is 0 Å². The maximum absolute atomic E-state index is 12.2. The van der Waals surface area contributed by atoms with Crippen molar-refractivity contribution in [2.45, 2.75) is 78.6 Å². The monoisotopic (exact) mass is 759 g/mol. The molecule has 0 spiro atoms. The zero-order chi connectivity index (χ0) is 41.0. The Balaban J connectivity index is 1.36. The fourth-order valence-electron chi connectivity index (χ4n) is 7.83. The molecule has 3 heterocycles. The second kappa shape index (κ2) is 14.6. The molecule has 0 unspecified atom stereocenters. The number of fused-ring (bicyclic) bond motifs is 1. The van der Waals surface area contributed by atoms with E-state index in [9.17, 15) is 5.11 Å². The van der Waals surface area contributed by atoms with Crippen LogP contribution in [0, 0.1) is 0 Å². The summed E-state index contributed by atoms with van der Waals surface area (Å²) in [6.07, 6.45) is 4.00. The molecule has 4 nitrogen and oxygen atoms in total. The molecule has 0 amide bonds. The molecule has 4 heteroatoms. The van der Waals surface area contributed by atoms with Gasteiger partial charge in [0, 0.05) is 40.2 Å². The van der Waals surface area contributed by atoms with Crippen LogP contribution in [0.25, 0.3) is 72.8 Å². The van der Waals surface area contributed by atoms with Crippen molar-refractivity contribution >= 4 is 5.65 Å². The van der Waals surface area contributed by atoms with E-state index < -0.39 is 0 Å². The predicted molar refractivity (Wildman–Crippen MR) is 243 cm³/mol. The highest BCUT2D eigenvalue weighted by atomic mass is 16.3. The number of imidazole rings is 1. The highest BCUT2D eigenvalue weighted by Gasteiger charge is 2.29. The number of hydrogen-bond donors (Lipinski definition) is 1. The van der Waals surface area contributed by atoms with Crippen LogP contribution < -0.4 is 0 Å². The minimum atomic E-state index is -0.285. The van der Waals surface area contributed by atoms with Crippen molar-refractivity contribution in [2.75, 3.05) is 0 Å². The lowest BCUT2D eigenvalue weighted by Gasteiger charge is -2.27. The molecule has 0 fully saturated rings. The summed E-state index contributed by atoms with van der Waals surface area (Å²) in [6, 6.07) is 49.4. The molecule has 0 radical (unpaired) electrons. The van der Waals surface area contributed by atoms with Crippen LogP contribution in [0.1, 0.15) is 79.0 Å². The van der Waals surface area contributed by atoms with Crippen molar-refractivity contribution in [3.05, 3.63) is 169 Å². The van der Waals surface area contributed by atoms with Gasteiger partial charge in [-0.15, -0.1) is 0 Å². The molecular weight excluding hydrogens is 707 g/mol. The van der Waals surface area contributed by atoms with Gasteiger partial charge in [-0.05, 0) is 104 Å². The number of rotatable bonds is 6. The van der Waals surface area contributed by atoms with E-state index in [2.05, 4.69) is 206 Å².